The number of benzene rings is 1. The number of aryl methyl sites for hydroxylation is 2. The van der Waals surface area contributed by atoms with Gasteiger partial charge in [-0.05, 0) is 38.0 Å². The summed E-state index contributed by atoms with van der Waals surface area (Å²) in [4.78, 5) is 27.1. The molecule has 7 nitrogen and oxygen atoms in total. The molecule has 0 radical (unpaired) electrons. The molecule has 0 aliphatic carbocycles. The van der Waals surface area contributed by atoms with Crippen molar-refractivity contribution in [1.29, 1.82) is 0 Å². The molecule has 162 valence electrons. The Morgan fingerprint density at radius 2 is 2.13 bits per heavy atom. The number of amides is 1. The van der Waals surface area contributed by atoms with Gasteiger partial charge in [-0.1, -0.05) is 6.92 Å². The number of ether oxygens (including phenoxy) is 2. The van der Waals surface area contributed by atoms with Crippen LogP contribution in [0.3, 0.4) is 0 Å². The van der Waals surface area contributed by atoms with Crippen LogP contribution in [0.25, 0.3) is 10.6 Å². The van der Waals surface area contributed by atoms with Crippen LogP contribution in [-0.2, 0) is 17.7 Å². The first-order valence-electron chi connectivity index (χ1n) is 10.5. The number of hydrogen-bond acceptors (Lipinski definition) is 7. The van der Waals surface area contributed by atoms with Gasteiger partial charge in [0.1, 0.15) is 10.8 Å². The number of carbonyl (C=O) groups excluding carboxylic acids is 1. The number of carbonyl (C=O) groups is 1. The van der Waals surface area contributed by atoms with Crippen molar-refractivity contribution < 1.29 is 14.3 Å². The topological polar surface area (TPSA) is 86.2 Å². The quantitative estimate of drug-likeness (QED) is 0.575. The Bertz CT molecular complexity index is 1030. The fourth-order valence-electron chi connectivity index (χ4n) is 3.25. The Morgan fingerprint density at radius 1 is 1.23 bits per heavy atom. The lowest BCUT2D eigenvalue weighted by molar-refractivity contribution is 0.0949. The average molecular weight is 439 g/mol. The first-order valence-corrected chi connectivity index (χ1v) is 11.3. The number of nitrogens with one attached hydrogen (secondary N) is 1. The van der Waals surface area contributed by atoms with E-state index in [1.54, 1.807) is 29.8 Å². The Hall–Kier alpha value is -2.84. The Balaban J connectivity index is 1.53. The van der Waals surface area contributed by atoms with Gasteiger partial charge in [0.15, 0.2) is 0 Å². The SMILES string of the molecule is CCc1cnc(-c2cc(OCC3CCOC3)cc(C(=O)NCc3cnc(C)cn3)c2)s1. The van der Waals surface area contributed by atoms with E-state index in [2.05, 4.69) is 27.2 Å². The van der Waals surface area contributed by atoms with Gasteiger partial charge in [-0.25, -0.2) is 4.98 Å². The van der Waals surface area contributed by atoms with Crippen LogP contribution in [0.1, 0.15) is 40.0 Å². The minimum absolute atomic E-state index is 0.189. The van der Waals surface area contributed by atoms with Gasteiger partial charge in [0, 0.05) is 40.9 Å². The zero-order chi connectivity index (χ0) is 21.6. The van der Waals surface area contributed by atoms with E-state index in [-0.39, 0.29) is 5.91 Å². The summed E-state index contributed by atoms with van der Waals surface area (Å²) in [6.07, 6.45) is 7.18. The van der Waals surface area contributed by atoms with E-state index in [0.717, 1.165) is 42.3 Å². The molecular formula is C23H26N4O3S. The summed E-state index contributed by atoms with van der Waals surface area (Å²) in [5.41, 5.74) is 2.96. The summed E-state index contributed by atoms with van der Waals surface area (Å²) >= 11 is 1.63. The highest BCUT2D eigenvalue weighted by molar-refractivity contribution is 7.15. The Morgan fingerprint density at radius 3 is 2.84 bits per heavy atom. The van der Waals surface area contributed by atoms with Gasteiger partial charge >= 0.3 is 0 Å². The summed E-state index contributed by atoms with van der Waals surface area (Å²) in [6.45, 7) is 6.36. The molecule has 3 heterocycles. The minimum atomic E-state index is -0.189. The van der Waals surface area contributed by atoms with E-state index in [4.69, 9.17) is 9.47 Å². The summed E-state index contributed by atoms with van der Waals surface area (Å²) in [6, 6.07) is 5.60. The standard InChI is InChI=1S/C23H26N4O3S/c1-3-21-12-27-23(31-21)18-6-17(7-20(8-18)30-14-16-4-5-29-13-16)22(28)26-11-19-10-24-15(2)9-25-19/h6-10,12,16H,3-5,11,13-14H2,1-2H3,(H,26,28). The molecule has 0 saturated carbocycles. The first kappa shape index (κ1) is 21.4. The number of hydrogen-bond donors (Lipinski definition) is 1. The maximum atomic E-state index is 12.9. The zero-order valence-electron chi connectivity index (χ0n) is 17.8. The zero-order valence-corrected chi connectivity index (χ0v) is 18.6. The molecule has 1 aliphatic rings. The van der Waals surface area contributed by atoms with Crippen LogP contribution in [-0.4, -0.2) is 40.7 Å². The lowest BCUT2D eigenvalue weighted by atomic mass is 10.1. The van der Waals surface area contributed by atoms with Gasteiger partial charge in [-0.2, -0.15) is 0 Å². The lowest BCUT2D eigenvalue weighted by Crippen LogP contribution is -2.23. The highest BCUT2D eigenvalue weighted by Crippen LogP contribution is 2.30. The van der Waals surface area contributed by atoms with Crippen molar-refractivity contribution in [1.82, 2.24) is 20.3 Å². The molecule has 1 saturated heterocycles. The van der Waals surface area contributed by atoms with Crippen LogP contribution in [0.5, 0.6) is 5.75 Å². The van der Waals surface area contributed by atoms with Gasteiger partial charge in [0.2, 0.25) is 0 Å². The van der Waals surface area contributed by atoms with Crippen molar-refractivity contribution in [2.75, 3.05) is 19.8 Å². The molecule has 1 aromatic carbocycles. The molecular weight excluding hydrogens is 412 g/mol. The van der Waals surface area contributed by atoms with Crippen molar-refractivity contribution in [3.8, 4) is 16.3 Å². The predicted molar refractivity (Wildman–Crippen MR) is 119 cm³/mol. The highest BCUT2D eigenvalue weighted by Gasteiger charge is 2.18. The third-order valence-corrected chi connectivity index (χ3v) is 6.28. The van der Waals surface area contributed by atoms with Crippen LogP contribution in [0.2, 0.25) is 0 Å². The largest absolute Gasteiger partial charge is 0.493 e. The molecule has 1 unspecified atom stereocenters. The molecule has 1 atom stereocenters. The molecule has 31 heavy (non-hydrogen) atoms. The molecule has 1 fully saturated rings. The van der Waals surface area contributed by atoms with Crippen LogP contribution in [0.4, 0.5) is 0 Å². The van der Waals surface area contributed by atoms with Gasteiger partial charge in [0.25, 0.3) is 5.91 Å². The van der Waals surface area contributed by atoms with Gasteiger partial charge in [0.05, 0.1) is 37.3 Å². The summed E-state index contributed by atoms with van der Waals surface area (Å²) in [5, 5.41) is 3.80. The number of rotatable bonds is 8. The van der Waals surface area contributed by atoms with Crippen LogP contribution in [0.15, 0.2) is 36.8 Å². The molecule has 4 rings (SSSR count). The van der Waals surface area contributed by atoms with E-state index in [9.17, 15) is 4.79 Å². The number of nitrogens with zero attached hydrogens (tertiary/aromatic N) is 3. The summed E-state index contributed by atoms with van der Waals surface area (Å²) < 4.78 is 11.5. The van der Waals surface area contributed by atoms with Crippen molar-refractivity contribution >= 4 is 17.2 Å². The first-order chi connectivity index (χ1) is 15.1. The third kappa shape index (κ3) is 5.65. The lowest BCUT2D eigenvalue weighted by Gasteiger charge is -2.13. The van der Waals surface area contributed by atoms with Crippen molar-refractivity contribution in [3.05, 3.63) is 58.6 Å². The third-order valence-electron chi connectivity index (χ3n) is 5.09. The normalized spacial score (nSPS) is 15.7. The summed E-state index contributed by atoms with van der Waals surface area (Å²) in [7, 11) is 0. The molecule has 0 spiro atoms. The monoisotopic (exact) mass is 438 g/mol. The van der Waals surface area contributed by atoms with Crippen LogP contribution < -0.4 is 10.1 Å². The van der Waals surface area contributed by atoms with Crippen molar-refractivity contribution in [3.63, 3.8) is 0 Å². The number of aromatic nitrogens is 3. The Labute approximate surface area is 185 Å². The van der Waals surface area contributed by atoms with Crippen molar-refractivity contribution in [2.24, 2.45) is 5.92 Å². The van der Waals surface area contributed by atoms with Gasteiger partial charge < -0.3 is 14.8 Å². The molecule has 8 heteroatoms. The fraction of sp³-hybridized carbons (Fsp3) is 0.391. The molecule has 3 aromatic rings. The number of thiazole rings is 1. The smallest absolute Gasteiger partial charge is 0.251 e. The molecule has 2 aromatic heterocycles. The van der Waals surface area contributed by atoms with Gasteiger partial charge in [-0.15, -0.1) is 11.3 Å². The Kier molecular flexibility index (Phi) is 6.89. The van der Waals surface area contributed by atoms with Crippen LogP contribution >= 0.6 is 11.3 Å². The molecule has 0 bridgehead atoms. The highest BCUT2D eigenvalue weighted by atomic mass is 32.1. The maximum Gasteiger partial charge on any atom is 0.251 e. The summed E-state index contributed by atoms with van der Waals surface area (Å²) in [5.74, 6) is 0.857. The van der Waals surface area contributed by atoms with E-state index in [0.29, 0.717) is 36.1 Å². The fourth-order valence-corrected chi connectivity index (χ4v) is 4.09. The van der Waals surface area contributed by atoms with Gasteiger partial charge in [-0.3, -0.25) is 14.8 Å². The molecule has 1 aliphatic heterocycles. The maximum absolute atomic E-state index is 12.9. The second kappa shape index (κ2) is 9.98. The molecule has 1 N–H and O–H groups in total. The minimum Gasteiger partial charge on any atom is -0.493 e. The van der Waals surface area contributed by atoms with E-state index >= 15 is 0 Å². The second-order valence-electron chi connectivity index (χ2n) is 7.60. The average Bonchev–Trinajstić information content (AvgIpc) is 3.49. The van der Waals surface area contributed by atoms with Crippen molar-refractivity contribution in [2.45, 2.75) is 33.2 Å². The van der Waals surface area contributed by atoms with Crippen LogP contribution in [0, 0.1) is 12.8 Å². The predicted octanol–water partition coefficient (Wildman–Crippen LogP) is 3.82. The van der Waals surface area contributed by atoms with E-state index in [1.807, 2.05) is 25.3 Å². The van der Waals surface area contributed by atoms with E-state index < -0.39 is 0 Å². The second-order valence-corrected chi connectivity index (χ2v) is 8.72. The molecule has 1 amide bonds. The van der Waals surface area contributed by atoms with E-state index in [1.165, 1.54) is 4.88 Å².